The molecule has 0 saturated carbocycles. The zero-order valence-corrected chi connectivity index (χ0v) is 14.6. The third-order valence-corrected chi connectivity index (χ3v) is 5.17. The number of benzene rings is 1. The number of aromatic nitrogens is 1. The van der Waals surface area contributed by atoms with Gasteiger partial charge < -0.3 is 19.5 Å². The van der Waals surface area contributed by atoms with Gasteiger partial charge in [0.25, 0.3) is 11.8 Å². The average molecular weight is 360 g/mol. The van der Waals surface area contributed by atoms with Crippen molar-refractivity contribution in [2.45, 2.75) is 19.5 Å². The molecule has 0 bridgehead atoms. The fraction of sp³-hybridized carbons (Fsp3) is 0.333. The Hall–Kier alpha value is -2.47. The van der Waals surface area contributed by atoms with Crippen molar-refractivity contribution in [3.8, 4) is 5.75 Å². The predicted molar refractivity (Wildman–Crippen MR) is 93.0 cm³/mol. The van der Waals surface area contributed by atoms with Crippen molar-refractivity contribution in [1.29, 1.82) is 0 Å². The lowest BCUT2D eigenvalue weighted by molar-refractivity contribution is 0.0683. The van der Waals surface area contributed by atoms with E-state index in [1.165, 1.54) is 0 Å². The Labute approximate surface area is 150 Å². The van der Waals surface area contributed by atoms with Crippen LogP contribution in [0.4, 0.5) is 0 Å². The van der Waals surface area contributed by atoms with Gasteiger partial charge in [0.2, 0.25) is 0 Å². The van der Waals surface area contributed by atoms with E-state index in [-0.39, 0.29) is 28.8 Å². The second-order valence-electron chi connectivity index (χ2n) is 6.50. The van der Waals surface area contributed by atoms with Crippen LogP contribution in [0.15, 0.2) is 24.3 Å². The van der Waals surface area contributed by atoms with Crippen molar-refractivity contribution >= 4 is 23.4 Å². The topological polar surface area (TPSA) is 65.8 Å². The number of carbonyl (C=O) groups excluding carboxylic acids is 2. The number of hydrogen-bond acceptors (Lipinski definition) is 3. The Balaban J connectivity index is 1.69. The van der Waals surface area contributed by atoms with Crippen LogP contribution < -0.4 is 0 Å². The highest BCUT2D eigenvalue weighted by Crippen LogP contribution is 2.36. The Morgan fingerprint density at radius 2 is 1.96 bits per heavy atom. The van der Waals surface area contributed by atoms with Crippen molar-refractivity contribution < 1.29 is 14.7 Å². The lowest BCUT2D eigenvalue weighted by Crippen LogP contribution is -2.40. The molecule has 0 fully saturated rings. The maximum atomic E-state index is 12.9. The maximum Gasteiger partial charge on any atom is 0.274 e. The largest absolute Gasteiger partial charge is 0.505 e. The molecule has 1 N–H and O–H groups in total. The average Bonchev–Trinajstić information content (AvgIpc) is 2.87. The van der Waals surface area contributed by atoms with E-state index in [1.54, 1.807) is 22.9 Å². The van der Waals surface area contributed by atoms with Crippen LogP contribution in [0.1, 0.15) is 32.1 Å². The van der Waals surface area contributed by atoms with E-state index in [2.05, 4.69) is 0 Å². The van der Waals surface area contributed by atoms with E-state index in [9.17, 15) is 14.7 Å². The highest BCUT2D eigenvalue weighted by Gasteiger charge is 2.38. The van der Waals surface area contributed by atoms with Crippen molar-refractivity contribution in [2.75, 3.05) is 20.1 Å². The molecule has 0 atom stereocenters. The van der Waals surface area contributed by atoms with Crippen molar-refractivity contribution in [3.05, 3.63) is 51.8 Å². The minimum Gasteiger partial charge on any atom is -0.505 e. The number of hydrogen-bond donors (Lipinski definition) is 1. The molecule has 2 aliphatic rings. The third kappa shape index (κ3) is 2.48. The summed E-state index contributed by atoms with van der Waals surface area (Å²) in [5.41, 5.74) is 2.20. The molecule has 0 unspecified atom stereocenters. The lowest BCUT2D eigenvalue weighted by atomic mass is 10.1. The molecule has 3 heterocycles. The molecule has 7 heteroatoms. The summed E-state index contributed by atoms with van der Waals surface area (Å²) < 4.78 is 1.81. The number of likely N-dealkylation sites (N-methyl/N-ethyl adjacent to an activating group) is 1. The number of carbonyl (C=O) groups is 2. The number of rotatable bonds is 2. The van der Waals surface area contributed by atoms with Gasteiger partial charge in [0, 0.05) is 50.4 Å². The third-order valence-electron chi connectivity index (χ3n) is 4.94. The number of aromatic hydroxyl groups is 1. The van der Waals surface area contributed by atoms with Crippen molar-refractivity contribution in [3.63, 3.8) is 0 Å². The maximum absolute atomic E-state index is 12.9. The molecule has 1 aromatic carbocycles. The summed E-state index contributed by atoms with van der Waals surface area (Å²) in [6, 6.07) is 7.37. The van der Waals surface area contributed by atoms with E-state index in [4.69, 9.17) is 11.6 Å². The smallest absolute Gasteiger partial charge is 0.274 e. The van der Waals surface area contributed by atoms with Gasteiger partial charge >= 0.3 is 0 Å². The Bertz CT molecular complexity index is 890. The highest BCUT2D eigenvalue weighted by molar-refractivity contribution is 6.30. The molecule has 6 nitrogen and oxygen atoms in total. The van der Waals surface area contributed by atoms with E-state index in [0.717, 1.165) is 11.3 Å². The van der Waals surface area contributed by atoms with Gasteiger partial charge in [0.1, 0.15) is 5.56 Å². The van der Waals surface area contributed by atoms with Gasteiger partial charge in [-0.3, -0.25) is 9.59 Å². The first-order chi connectivity index (χ1) is 12.0. The van der Waals surface area contributed by atoms with Gasteiger partial charge in [-0.05, 0) is 17.7 Å². The van der Waals surface area contributed by atoms with Crippen LogP contribution >= 0.6 is 11.6 Å². The van der Waals surface area contributed by atoms with Crippen LogP contribution in [0, 0.1) is 0 Å². The van der Waals surface area contributed by atoms with Crippen LogP contribution in [0.2, 0.25) is 5.02 Å². The first kappa shape index (κ1) is 16.0. The number of halogens is 1. The van der Waals surface area contributed by atoms with E-state index in [0.29, 0.717) is 37.6 Å². The number of fused-ring (bicyclic) bond motifs is 3. The summed E-state index contributed by atoms with van der Waals surface area (Å²) in [6.07, 6.45) is 0.646. The van der Waals surface area contributed by atoms with Crippen LogP contribution in [0.25, 0.3) is 0 Å². The molecular formula is C18H18ClN3O3. The number of amides is 2. The van der Waals surface area contributed by atoms with Crippen LogP contribution in [-0.2, 0) is 19.5 Å². The van der Waals surface area contributed by atoms with Crippen LogP contribution in [-0.4, -0.2) is 51.4 Å². The second kappa shape index (κ2) is 5.81. The second-order valence-corrected chi connectivity index (χ2v) is 6.94. The summed E-state index contributed by atoms with van der Waals surface area (Å²) in [5, 5.41) is 11.2. The Kier molecular flexibility index (Phi) is 3.72. The molecule has 2 aromatic rings. The van der Waals surface area contributed by atoms with Crippen LogP contribution in [0.3, 0.4) is 0 Å². The summed E-state index contributed by atoms with van der Waals surface area (Å²) in [6.45, 7) is 2.11. The molecule has 1 aromatic heterocycles. The minimum atomic E-state index is -0.256. The molecule has 130 valence electrons. The SMILES string of the molecule is CN1CCc2c(c(O)c3n2CCN(Cc2cccc(Cl)c2)C3=O)C1=O. The molecule has 25 heavy (non-hydrogen) atoms. The van der Waals surface area contributed by atoms with Gasteiger partial charge in [0.05, 0.1) is 0 Å². The normalized spacial score (nSPS) is 16.9. The zero-order valence-electron chi connectivity index (χ0n) is 13.8. The minimum absolute atomic E-state index is 0.188. The quantitative estimate of drug-likeness (QED) is 0.893. The molecule has 0 radical (unpaired) electrons. The Morgan fingerprint density at radius 1 is 1.16 bits per heavy atom. The van der Waals surface area contributed by atoms with Gasteiger partial charge in [-0.25, -0.2) is 0 Å². The Morgan fingerprint density at radius 3 is 2.72 bits per heavy atom. The summed E-state index contributed by atoms with van der Waals surface area (Å²) in [4.78, 5) is 28.6. The number of nitrogens with zero attached hydrogens (tertiary/aromatic N) is 3. The molecule has 2 amide bonds. The summed E-state index contributed by atoms with van der Waals surface area (Å²) >= 11 is 6.01. The molecule has 0 aliphatic carbocycles. The van der Waals surface area contributed by atoms with E-state index < -0.39 is 0 Å². The molecule has 4 rings (SSSR count). The predicted octanol–water partition coefficient (Wildman–Crippen LogP) is 2.13. The molecule has 2 aliphatic heterocycles. The van der Waals surface area contributed by atoms with E-state index in [1.807, 2.05) is 22.8 Å². The highest BCUT2D eigenvalue weighted by atomic mass is 35.5. The first-order valence-corrected chi connectivity index (χ1v) is 8.58. The lowest BCUT2D eigenvalue weighted by Gasteiger charge is -2.30. The molecule has 0 saturated heterocycles. The summed E-state index contributed by atoms with van der Waals surface area (Å²) in [7, 11) is 1.70. The molecule has 0 spiro atoms. The van der Waals surface area contributed by atoms with Crippen molar-refractivity contribution in [2.24, 2.45) is 0 Å². The van der Waals surface area contributed by atoms with Crippen LogP contribution in [0.5, 0.6) is 5.75 Å². The van der Waals surface area contributed by atoms with Gasteiger partial charge in [0.15, 0.2) is 11.4 Å². The van der Waals surface area contributed by atoms with Crippen molar-refractivity contribution in [1.82, 2.24) is 14.4 Å². The monoisotopic (exact) mass is 359 g/mol. The summed E-state index contributed by atoms with van der Waals surface area (Å²) in [5.74, 6) is -0.671. The van der Waals surface area contributed by atoms with Gasteiger partial charge in [-0.15, -0.1) is 0 Å². The fourth-order valence-electron chi connectivity index (χ4n) is 3.65. The van der Waals surface area contributed by atoms with Gasteiger partial charge in [-0.1, -0.05) is 23.7 Å². The fourth-order valence-corrected chi connectivity index (χ4v) is 3.86. The zero-order chi connectivity index (χ0) is 17.7. The molecular weight excluding hydrogens is 342 g/mol. The first-order valence-electron chi connectivity index (χ1n) is 8.21. The van der Waals surface area contributed by atoms with E-state index >= 15 is 0 Å². The standard InChI is InChI=1S/C18H18ClN3O3/c1-20-6-5-13-14(17(20)24)16(23)15-18(25)21(7-8-22(13)15)10-11-3-2-4-12(19)9-11/h2-4,9,23H,5-8,10H2,1H3. The van der Waals surface area contributed by atoms with Gasteiger partial charge in [-0.2, -0.15) is 0 Å².